The maximum atomic E-state index is 12.8. The van der Waals surface area contributed by atoms with Crippen molar-refractivity contribution >= 4 is 17.3 Å². The van der Waals surface area contributed by atoms with Gasteiger partial charge in [0.15, 0.2) is 0 Å². The van der Waals surface area contributed by atoms with Gasteiger partial charge in [0.25, 0.3) is 11.2 Å². The van der Waals surface area contributed by atoms with Gasteiger partial charge >= 0.3 is 5.97 Å². The molecular formula is C19H19N3O6. The number of nitro groups is 1. The highest BCUT2D eigenvalue weighted by Gasteiger charge is 2.38. The molecule has 0 amide bonds. The Balaban J connectivity index is 2.21. The van der Waals surface area contributed by atoms with Crippen LogP contribution in [0, 0.1) is 10.1 Å². The minimum absolute atomic E-state index is 0.0215. The number of hydrogen-bond acceptors (Lipinski definition) is 7. The third kappa shape index (κ3) is 3.52. The molecule has 0 aliphatic carbocycles. The van der Waals surface area contributed by atoms with E-state index in [9.17, 15) is 19.7 Å². The first kappa shape index (κ1) is 19.3. The fraction of sp³-hybridized carbons (Fsp3) is 0.263. The number of para-hydroxylation sites is 1. The molecular weight excluding hydrogens is 366 g/mol. The lowest BCUT2D eigenvalue weighted by Gasteiger charge is -2.29. The van der Waals surface area contributed by atoms with E-state index in [0.29, 0.717) is 11.4 Å². The van der Waals surface area contributed by atoms with E-state index in [-0.39, 0.29) is 35.6 Å². The van der Waals surface area contributed by atoms with Crippen LogP contribution in [0.1, 0.15) is 24.0 Å². The summed E-state index contributed by atoms with van der Waals surface area (Å²) in [5, 5.41) is 14.6. The molecule has 1 aliphatic rings. The third-order valence-corrected chi connectivity index (χ3v) is 4.49. The molecule has 0 fully saturated rings. The number of H-pyrrole nitrogens is 1. The quantitative estimate of drug-likeness (QED) is 0.338. The number of fused-ring (bicyclic) bond motifs is 1. The first-order valence-electron chi connectivity index (χ1n) is 8.54. The standard InChI is InChI=1S/C19H19N3O6/c1-11-15(19(24)28-10-9-27-2)16(12-5-3-4-6-14(12)22(25)26)17-13(21-11)7-8-20-18(17)23/h3-8,16,21H,9-10H2,1-2H3,(H,20,23). The van der Waals surface area contributed by atoms with Gasteiger partial charge in [-0.25, -0.2) is 4.79 Å². The molecule has 28 heavy (non-hydrogen) atoms. The van der Waals surface area contributed by atoms with E-state index in [4.69, 9.17) is 9.47 Å². The molecule has 2 aromatic rings. The van der Waals surface area contributed by atoms with E-state index >= 15 is 0 Å². The molecule has 0 radical (unpaired) electrons. The summed E-state index contributed by atoms with van der Waals surface area (Å²) in [5.41, 5.74) is 0.934. The molecule has 1 aromatic heterocycles. The molecule has 1 unspecified atom stereocenters. The number of aromatic nitrogens is 1. The summed E-state index contributed by atoms with van der Waals surface area (Å²) in [6.07, 6.45) is 1.47. The zero-order valence-electron chi connectivity index (χ0n) is 15.4. The second-order valence-corrected chi connectivity index (χ2v) is 6.18. The molecule has 9 nitrogen and oxygen atoms in total. The molecule has 9 heteroatoms. The number of ether oxygens (including phenoxy) is 2. The lowest BCUT2D eigenvalue weighted by Crippen LogP contribution is -2.30. The average molecular weight is 385 g/mol. The average Bonchev–Trinajstić information content (AvgIpc) is 2.67. The van der Waals surface area contributed by atoms with Crippen LogP contribution in [0.2, 0.25) is 0 Å². The largest absolute Gasteiger partial charge is 0.460 e. The number of pyridine rings is 1. The molecule has 1 atom stereocenters. The number of anilines is 1. The third-order valence-electron chi connectivity index (χ3n) is 4.49. The Bertz CT molecular complexity index is 1010. The molecule has 0 saturated heterocycles. The Kier molecular flexibility index (Phi) is 5.55. The van der Waals surface area contributed by atoms with Crippen LogP contribution in [0.25, 0.3) is 0 Å². The molecule has 0 saturated carbocycles. The van der Waals surface area contributed by atoms with E-state index in [2.05, 4.69) is 10.3 Å². The summed E-state index contributed by atoms with van der Waals surface area (Å²) in [7, 11) is 1.48. The van der Waals surface area contributed by atoms with E-state index in [1.54, 1.807) is 25.1 Å². The fourth-order valence-electron chi connectivity index (χ4n) is 3.29. The Labute approximate surface area is 160 Å². The van der Waals surface area contributed by atoms with Gasteiger partial charge in [-0.3, -0.25) is 14.9 Å². The minimum atomic E-state index is -0.946. The maximum Gasteiger partial charge on any atom is 0.336 e. The number of nitrogens with zero attached hydrogens (tertiary/aromatic N) is 1. The van der Waals surface area contributed by atoms with E-state index in [1.807, 2.05) is 0 Å². The number of carbonyl (C=O) groups excluding carboxylic acids is 1. The number of esters is 1. The Morgan fingerprint density at radius 1 is 1.25 bits per heavy atom. The first-order chi connectivity index (χ1) is 13.5. The van der Waals surface area contributed by atoms with Gasteiger partial charge in [0.1, 0.15) is 6.61 Å². The van der Waals surface area contributed by atoms with Crippen molar-refractivity contribution in [1.82, 2.24) is 4.98 Å². The van der Waals surface area contributed by atoms with Gasteiger partial charge in [-0.2, -0.15) is 0 Å². The minimum Gasteiger partial charge on any atom is -0.460 e. The number of rotatable bonds is 6. The number of methoxy groups -OCH3 is 1. The number of nitro benzene ring substituents is 1. The predicted molar refractivity (Wildman–Crippen MR) is 101 cm³/mol. The highest BCUT2D eigenvalue weighted by Crippen LogP contribution is 2.43. The van der Waals surface area contributed by atoms with Gasteiger partial charge in [-0.15, -0.1) is 0 Å². The predicted octanol–water partition coefficient (Wildman–Crippen LogP) is 2.30. The summed E-state index contributed by atoms with van der Waals surface area (Å²) in [5.74, 6) is -1.61. The second-order valence-electron chi connectivity index (χ2n) is 6.18. The van der Waals surface area contributed by atoms with Gasteiger partial charge in [0.2, 0.25) is 0 Å². The van der Waals surface area contributed by atoms with Crippen molar-refractivity contribution in [2.75, 3.05) is 25.6 Å². The number of aromatic amines is 1. The van der Waals surface area contributed by atoms with Crippen molar-refractivity contribution in [1.29, 1.82) is 0 Å². The first-order valence-corrected chi connectivity index (χ1v) is 8.54. The van der Waals surface area contributed by atoms with Crippen LogP contribution >= 0.6 is 0 Å². The Morgan fingerprint density at radius 3 is 2.71 bits per heavy atom. The number of carbonyl (C=O) groups is 1. The van der Waals surface area contributed by atoms with Crippen LogP contribution in [0.15, 0.2) is 52.6 Å². The number of hydrogen-bond donors (Lipinski definition) is 2. The van der Waals surface area contributed by atoms with Crippen LogP contribution in [-0.2, 0) is 14.3 Å². The van der Waals surface area contributed by atoms with Gasteiger partial charge in [-0.05, 0) is 13.0 Å². The summed E-state index contributed by atoms with van der Waals surface area (Å²) in [6.45, 7) is 1.89. The van der Waals surface area contributed by atoms with Crippen LogP contribution in [0.4, 0.5) is 11.4 Å². The topological polar surface area (TPSA) is 124 Å². The highest BCUT2D eigenvalue weighted by molar-refractivity contribution is 5.95. The zero-order valence-corrected chi connectivity index (χ0v) is 15.4. The van der Waals surface area contributed by atoms with Crippen molar-refractivity contribution in [2.24, 2.45) is 0 Å². The molecule has 0 spiro atoms. The van der Waals surface area contributed by atoms with Crippen LogP contribution < -0.4 is 10.9 Å². The fourth-order valence-corrected chi connectivity index (χ4v) is 3.29. The number of nitrogens with one attached hydrogen (secondary N) is 2. The van der Waals surface area contributed by atoms with E-state index in [0.717, 1.165) is 0 Å². The molecule has 0 bridgehead atoms. The SMILES string of the molecule is COCCOC(=O)C1=C(C)Nc2cc[nH]c(=O)c2C1c1ccccc1[N+](=O)[O-]. The van der Waals surface area contributed by atoms with Gasteiger partial charge in [0.05, 0.1) is 28.6 Å². The Morgan fingerprint density at radius 2 is 2.00 bits per heavy atom. The number of allylic oxidation sites excluding steroid dienone is 1. The molecule has 2 N–H and O–H groups in total. The van der Waals surface area contributed by atoms with E-state index < -0.39 is 22.4 Å². The second kappa shape index (κ2) is 8.05. The van der Waals surface area contributed by atoms with E-state index in [1.165, 1.54) is 25.4 Å². The summed E-state index contributed by atoms with van der Waals surface area (Å²) in [4.78, 5) is 39.0. The molecule has 3 rings (SSSR count). The lowest BCUT2D eigenvalue weighted by atomic mass is 9.80. The van der Waals surface area contributed by atoms with Crippen LogP contribution in [0.5, 0.6) is 0 Å². The van der Waals surface area contributed by atoms with Crippen molar-refractivity contribution < 1.29 is 19.2 Å². The molecule has 146 valence electrons. The van der Waals surface area contributed by atoms with Crippen molar-refractivity contribution in [3.63, 3.8) is 0 Å². The van der Waals surface area contributed by atoms with Gasteiger partial charge < -0.3 is 19.8 Å². The normalized spacial score (nSPS) is 15.6. The highest BCUT2D eigenvalue weighted by atomic mass is 16.6. The van der Waals surface area contributed by atoms with Crippen molar-refractivity contribution in [3.8, 4) is 0 Å². The Hall–Kier alpha value is -3.46. The molecule has 1 aliphatic heterocycles. The van der Waals surface area contributed by atoms with Crippen LogP contribution in [0.3, 0.4) is 0 Å². The number of benzene rings is 1. The van der Waals surface area contributed by atoms with Gasteiger partial charge in [-0.1, -0.05) is 18.2 Å². The maximum absolute atomic E-state index is 12.8. The van der Waals surface area contributed by atoms with Crippen LogP contribution in [-0.4, -0.2) is 36.2 Å². The molecule has 1 aromatic carbocycles. The smallest absolute Gasteiger partial charge is 0.336 e. The van der Waals surface area contributed by atoms with Crippen molar-refractivity contribution in [3.05, 3.63) is 79.4 Å². The van der Waals surface area contributed by atoms with Gasteiger partial charge in [0, 0.05) is 36.3 Å². The summed E-state index contributed by atoms with van der Waals surface area (Å²) < 4.78 is 10.1. The lowest BCUT2D eigenvalue weighted by molar-refractivity contribution is -0.385. The zero-order chi connectivity index (χ0) is 20.3. The molecule has 2 heterocycles. The monoisotopic (exact) mass is 385 g/mol. The summed E-state index contributed by atoms with van der Waals surface area (Å²) in [6, 6.07) is 7.70. The summed E-state index contributed by atoms with van der Waals surface area (Å²) >= 11 is 0. The van der Waals surface area contributed by atoms with Crippen molar-refractivity contribution in [2.45, 2.75) is 12.8 Å².